The third-order valence-corrected chi connectivity index (χ3v) is 4.25. The number of aryl methyl sites for hydroxylation is 1. The van der Waals surface area contributed by atoms with E-state index in [1.807, 2.05) is 18.9 Å². The molecule has 1 fully saturated rings. The van der Waals surface area contributed by atoms with Crippen molar-refractivity contribution in [2.75, 3.05) is 20.1 Å². The van der Waals surface area contributed by atoms with Crippen LogP contribution in [0.2, 0.25) is 0 Å². The van der Waals surface area contributed by atoms with Gasteiger partial charge in [-0.1, -0.05) is 11.4 Å². The van der Waals surface area contributed by atoms with Crippen LogP contribution in [0, 0.1) is 0 Å². The minimum Gasteiger partial charge on any atom is -0.338 e. The number of rotatable bonds is 3. The van der Waals surface area contributed by atoms with Gasteiger partial charge in [-0.3, -0.25) is 4.79 Å². The molecule has 0 saturated carbocycles. The van der Waals surface area contributed by atoms with Gasteiger partial charge in [-0.05, 0) is 50.3 Å². The average Bonchev–Trinajstić information content (AvgIpc) is 2.70. The topological polar surface area (TPSA) is 58.1 Å². The second-order valence-electron chi connectivity index (χ2n) is 4.65. The van der Waals surface area contributed by atoms with Crippen LogP contribution in [0.15, 0.2) is 0 Å². The van der Waals surface area contributed by atoms with Crippen molar-refractivity contribution >= 4 is 17.4 Å². The molecule has 0 aliphatic carbocycles. The molecular formula is C12H20N4OS. The van der Waals surface area contributed by atoms with Crippen LogP contribution in [0.4, 0.5) is 0 Å². The van der Waals surface area contributed by atoms with Gasteiger partial charge in [0, 0.05) is 13.1 Å². The SMILES string of the molecule is CCc1nnsc1C(=O)N(C)C1CCCNCC1. The van der Waals surface area contributed by atoms with E-state index in [9.17, 15) is 4.79 Å². The highest BCUT2D eigenvalue weighted by molar-refractivity contribution is 7.07. The summed E-state index contributed by atoms with van der Waals surface area (Å²) < 4.78 is 3.89. The van der Waals surface area contributed by atoms with Gasteiger partial charge in [0.2, 0.25) is 0 Å². The van der Waals surface area contributed by atoms with E-state index < -0.39 is 0 Å². The minimum absolute atomic E-state index is 0.0775. The first-order valence-electron chi connectivity index (χ1n) is 6.53. The fourth-order valence-corrected chi connectivity index (χ4v) is 3.05. The third kappa shape index (κ3) is 2.87. The van der Waals surface area contributed by atoms with Crippen LogP contribution < -0.4 is 5.32 Å². The summed E-state index contributed by atoms with van der Waals surface area (Å²) in [5, 5.41) is 7.38. The zero-order chi connectivity index (χ0) is 13.0. The zero-order valence-corrected chi connectivity index (χ0v) is 11.8. The first kappa shape index (κ1) is 13.4. The molecule has 1 aliphatic rings. The van der Waals surface area contributed by atoms with Gasteiger partial charge in [0.05, 0.1) is 5.69 Å². The highest BCUT2D eigenvalue weighted by Gasteiger charge is 2.25. The van der Waals surface area contributed by atoms with E-state index in [1.165, 1.54) is 11.5 Å². The maximum absolute atomic E-state index is 12.4. The molecule has 1 atom stereocenters. The van der Waals surface area contributed by atoms with Crippen molar-refractivity contribution in [3.05, 3.63) is 10.6 Å². The number of carbonyl (C=O) groups excluding carboxylic acids is 1. The van der Waals surface area contributed by atoms with Crippen LogP contribution in [0.25, 0.3) is 0 Å². The fraction of sp³-hybridized carbons (Fsp3) is 0.750. The first-order valence-corrected chi connectivity index (χ1v) is 7.30. The van der Waals surface area contributed by atoms with Crippen molar-refractivity contribution in [2.24, 2.45) is 0 Å². The monoisotopic (exact) mass is 268 g/mol. The summed E-state index contributed by atoms with van der Waals surface area (Å²) in [5.41, 5.74) is 0.823. The van der Waals surface area contributed by atoms with Crippen molar-refractivity contribution < 1.29 is 4.79 Å². The van der Waals surface area contributed by atoms with Gasteiger partial charge in [0.25, 0.3) is 5.91 Å². The Hall–Kier alpha value is -1.01. The highest BCUT2D eigenvalue weighted by Crippen LogP contribution is 2.18. The van der Waals surface area contributed by atoms with Crippen molar-refractivity contribution in [1.82, 2.24) is 19.8 Å². The summed E-state index contributed by atoms with van der Waals surface area (Å²) >= 11 is 1.21. The molecule has 1 amide bonds. The predicted molar refractivity (Wildman–Crippen MR) is 71.9 cm³/mol. The Labute approximate surface area is 112 Å². The summed E-state index contributed by atoms with van der Waals surface area (Å²) in [7, 11) is 1.90. The molecule has 1 unspecified atom stereocenters. The smallest absolute Gasteiger partial charge is 0.267 e. The lowest BCUT2D eigenvalue weighted by Gasteiger charge is -2.26. The van der Waals surface area contributed by atoms with Gasteiger partial charge in [-0.15, -0.1) is 5.10 Å². The van der Waals surface area contributed by atoms with Gasteiger partial charge in [-0.2, -0.15) is 0 Å². The Bertz CT molecular complexity index is 399. The maximum Gasteiger partial charge on any atom is 0.267 e. The number of hydrogen-bond acceptors (Lipinski definition) is 5. The van der Waals surface area contributed by atoms with Gasteiger partial charge in [0.15, 0.2) is 0 Å². The summed E-state index contributed by atoms with van der Waals surface area (Å²) in [6.07, 6.45) is 3.99. The lowest BCUT2D eigenvalue weighted by atomic mass is 10.1. The number of aromatic nitrogens is 2. The molecule has 1 saturated heterocycles. The quantitative estimate of drug-likeness (QED) is 0.898. The van der Waals surface area contributed by atoms with Crippen LogP contribution in [-0.4, -0.2) is 46.6 Å². The molecule has 5 nitrogen and oxygen atoms in total. The summed E-state index contributed by atoms with van der Waals surface area (Å²) in [6.45, 7) is 4.05. The van der Waals surface area contributed by atoms with Crippen molar-refractivity contribution in [3.63, 3.8) is 0 Å². The molecule has 1 N–H and O–H groups in total. The zero-order valence-electron chi connectivity index (χ0n) is 11.0. The number of nitrogens with one attached hydrogen (secondary N) is 1. The molecule has 18 heavy (non-hydrogen) atoms. The van der Waals surface area contributed by atoms with E-state index in [0.29, 0.717) is 10.9 Å². The lowest BCUT2D eigenvalue weighted by molar-refractivity contribution is 0.0724. The van der Waals surface area contributed by atoms with Crippen LogP contribution in [-0.2, 0) is 6.42 Å². The van der Waals surface area contributed by atoms with E-state index in [2.05, 4.69) is 14.9 Å². The molecule has 1 aromatic rings. The molecule has 6 heteroatoms. The fourth-order valence-electron chi connectivity index (χ4n) is 2.32. The average molecular weight is 268 g/mol. The van der Waals surface area contributed by atoms with E-state index in [-0.39, 0.29) is 5.91 Å². The molecule has 100 valence electrons. The molecule has 0 bridgehead atoms. The van der Waals surface area contributed by atoms with E-state index >= 15 is 0 Å². The van der Waals surface area contributed by atoms with Gasteiger partial charge in [0.1, 0.15) is 4.88 Å². The maximum atomic E-state index is 12.4. The van der Waals surface area contributed by atoms with Gasteiger partial charge in [-0.25, -0.2) is 0 Å². The Morgan fingerprint density at radius 2 is 2.33 bits per heavy atom. The second kappa shape index (κ2) is 6.24. The standard InChI is InChI=1S/C12H20N4OS/c1-3-10-11(18-15-14-10)12(17)16(2)9-5-4-7-13-8-6-9/h9,13H,3-8H2,1-2H3. The predicted octanol–water partition coefficient (Wildman–Crippen LogP) is 1.31. The molecule has 1 aliphatic heterocycles. The molecular weight excluding hydrogens is 248 g/mol. The van der Waals surface area contributed by atoms with E-state index in [4.69, 9.17) is 0 Å². The Balaban J connectivity index is 2.07. The Morgan fingerprint density at radius 3 is 3.11 bits per heavy atom. The molecule has 2 heterocycles. The normalized spacial score (nSPS) is 20.4. The molecule has 1 aromatic heterocycles. The summed E-state index contributed by atoms with van der Waals surface area (Å²) in [4.78, 5) is 15.0. The third-order valence-electron chi connectivity index (χ3n) is 3.50. The number of nitrogens with zero attached hydrogens (tertiary/aromatic N) is 3. The lowest BCUT2D eigenvalue weighted by Crippen LogP contribution is -2.37. The van der Waals surface area contributed by atoms with Gasteiger partial charge < -0.3 is 10.2 Å². The van der Waals surface area contributed by atoms with Crippen LogP contribution in [0.5, 0.6) is 0 Å². The van der Waals surface area contributed by atoms with Crippen molar-refractivity contribution in [2.45, 2.75) is 38.6 Å². The van der Waals surface area contributed by atoms with Gasteiger partial charge >= 0.3 is 0 Å². The second-order valence-corrected chi connectivity index (χ2v) is 5.41. The highest BCUT2D eigenvalue weighted by atomic mass is 32.1. The number of hydrogen-bond donors (Lipinski definition) is 1. The Morgan fingerprint density at radius 1 is 1.50 bits per heavy atom. The number of amides is 1. The Kier molecular flexibility index (Phi) is 4.66. The molecule has 0 spiro atoms. The summed E-state index contributed by atoms with van der Waals surface area (Å²) in [6, 6.07) is 0.333. The van der Waals surface area contributed by atoms with E-state index in [1.54, 1.807) is 0 Å². The number of carbonyl (C=O) groups is 1. The van der Waals surface area contributed by atoms with Crippen molar-refractivity contribution in [1.29, 1.82) is 0 Å². The largest absolute Gasteiger partial charge is 0.338 e. The molecule has 0 radical (unpaired) electrons. The molecule has 2 rings (SSSR count). The van der Waals surface area contributed by atoms with Crippen molar-refractivity contribution in [3.8, 4) is 0 Å². The summed E-state index contributed by atoms with van der Waals surface area (Å²) in [5.74, 6) is 0.0775. The van der Waals surface area contributed by atoms with E-state index in [0.717, 1.165) is 44.5 Å². The van der Waals surface area contributed by atoms with Crippen LogP contribution >= 0.6 is 11.5 Å². The minimum atomic E-state index is 0.0775. The molecule has 0 aromatic carbocycles. The van der Waals surface area contributed by atoms with Crippen LogP contribution in [0.1, 0.15) is 41.6 Å². The first-order chi connectivity index (χ1) is 8.74. The van der Waals surface area contributed by atoms with Crippen LogP contribution in [0.3, 0.4) is 0 Å².